The van der Waals surface area contributed by atoms with Crippen molar-refractivity contribution < 1.29 is 0 Å². The third-order valence-corrected chi connectivity index (χ3v) is 2.16. The van der Waals surface area contributed by atoms with E-state index in [0.29, 0.717) is 0 Å². The van der Waals surface area contributed by atoms with Crippen LogP contribution in [-0.4, -0.2) is 12.1 Å². The number of fused-ring (bicyclic) bond motifs is 1. The van der Waals surface area contributed by atoms with E-state index < -0.39 is 0 Å². The van der Waals surface area contributed by atoms with Crippen LogP contribution in [0.15, 0.2) is 24.3 Å². The number of hydrazine groups is 1. The van der Waals surface area contributed by atoms with E-state index >= 15 is 0 Å². The maximum Gasteiger partial charge on any atom is 0.0388 e. The summed E-state index contributed by atoms with van der Waals surface area (Å²) in [5, 5.41) is 2.20. The van der Waals surface area contributed by atoms with Gasteiger partial charge in [-0.2, -0.15) is 0 Å². The second-order valence-electron chi connectivity index (χ2n) is 2.85. The van der Waals surface area contributed by atoms with E-state index in [1.807, 2.05) is 7.05 Å². The number of benzene rings is 1. The van der Waals surface area contributed by atoms with Crippen LogP contribution in [0.5, 0.6) is 0 Å². The Bertz CT molecular complexity index is 232. The molecular formula is C9H12N2. The first-order valence-corrected chi connectivity index (χ1v) is 3.89. The van der Waals surface area contributed by atoms with Gasteiger partial charge < -0.3 is 0 Å². The Balaban J connectivity index is 2.27. The molecule has 0 amide bonds. The molecule has 2 heteroatoms. The van der Waals surface area contributed by atoms with Gasteiger partial charge >= 0.3 is 0 Å². The fraction of sp³-hybridized carbons (Fsp3) is 0.333. The van der Waals surface area contributed by atoms with Crippen LogP contribution in [0.4, 0.5) is 0 Å². The summed E-state index contributed by atoms with van der Waals surface area (Å²) < 4.78 is 0. The van der Waals surface area contributed by atoms with Gasteiger partial charge in [0.1, 0.15) is 0 Å². The van der Waals surface area contributed by atoms with Gasteiger partial charge in [0.2, 0.25) is 0 Å². The average molecular weight is 148 g/mol. The van der Waals surface area contributed by atoms with Gasteiger partial charge in [-0.05, 0) is 18.2 Å². The van der Waals surface area contributed by atoms with Gasteiger partial charge in [0, 0.05) is 13.1 Å². The highest BCUT2D eigenvalue weighted by Gasteiger charge is 2.15. The van der Waals surface area contributed by atoms with Crippen molar-refractivity contribution in [2.24, 2.45) is 0 Å². The molecule has 0 aliphatic carbocycles. The molecule has 2 rings (SSSR count). The van der Waals surface area contributed by atoms with Crippen molar-refractivity contribution in [3.8, 4) is 0 Å². The molecule has 1 heterocycles. The van der Waals surface area contributed by atoms with Crippen LogP contribution in [0, 0.1) is 0 Å². The first kappa shape index (κ1) is 6.83. The maximum absolute atomic E-state index is 3.14. The predicted molar refractivity (Wildman–Crippen MR) is 44.7 cm³/mol. The molecule has 58 valence electrons. The van der Waals surface area contributed by atoms with E-state index in [1.54, 1.807) is 0 Å². The van der Waals surface area contributed by atoms with Gasteiger partial charge in [0.15, 0.2) is 0 Å². The summed E-state index contributed by atoms with van der Waals surface area (Å²) in [6.45, 7) is 2.07. The fourth-order valence-electron chi connectivity index (χ4n) is 1.49. The molecule has 11 heavy (non-hydrogen) atoms. The van der Waals surface area contributed by atoms with Crippen molar-refractivity contribution in [3.63, 3.8) is 0 Å². The van der Waals surface area contributed by atoms with Crippen LogP contribution >= 0.6 is 0 Å². The molecule has 0 bridgehead atoms. The molecule has 0 radical (unpaired) electrons. The van der Waals surface area contributed by atoms with Crippen LogP contribution in [0.2, 0.25) is 0 Å². The van der Waals surface area contributed by atoms with E-state index in [2.05, 4.69) is 34.7 Å². The van der Waals surface area contributed by atoms with E-state index in [0.717, 1.165) is 13.1 Å². The Hall–Kier alpha value is -0.860. The van der Waals surface area contributed by atoms with E-state index in [4.69, 9.17) is 0 Å². The van der Waals surface area contributed by atoms with Crippen molar-refractivity contribution in [2.45, 2.75) is 13.1 Å². The number of nitrogens with zero attached hydrogens (tertiary/aromatic N) is 1. The van der Waals surface area contributed by atoms with Crippen molar-refractivity contribution in [1.82, 2.24) is 10.4 Å². The maximum atomic E-state index is 3.14. The minimum Gasteiger partial charge on any atom is -0.258 e. The number of nitrogens with one attached hydrogen (secondary N) is 1. The van der Waals surface area contributed by atoms with Crippen molar-refractivity contribution in [2.75, 3.05) is 7.05 Å². The van der Waals surface area contributed by atoms with Gasteiger partial charge in [0.25, 0.3) is 0 Å². The van der Waals surface area contributed by atoms with Gasteiger partial charge in [-0.3, -0.25) is 5.43 Å². The molecule has 0 unspecified atom stereocenters. The minimum atomic E-state index is 1.03. The second-order valence-corrected chi connectivity index (χ2v) is 2.85. The molecule has 2 nitrogen and oxygen atoms in total. The van der Waals surface area contributed by atoms with Crippen molar-refractivity contribution in [3.05, 3.63) is 35.4 Å². The first-order valence-electron chi connectivity index (χ1n) is 3.89. The monoisotopic (exact) mass is 148 g/mol. The quantitative estimate of drug-likeness (QED) is 0.642. The summed E-state index contributed by atoms with van der Waals surface area (Å²) in [6.07, 6.45) is 0. The molecule has 1 aliphatic rings. The van der Waals surface area contributed by atoms with Gasteiger partial charge in [0.05, 0.1) is 0 Å². The van der Waals surface area contributed by atoms with Gasteiger partial charge in [-0.15, -0.1) is 0 Å². The SMILES string of the molecule is CNN1Cc2ccccc2C1. The fourth-order valence-corrected chi connectivity index (χ4v) is 1.49. The molecule has 1 aromatic carbocycles. The standard InChI is InChI=1S/C9H12N2/c1-10-11-6-8-4-2-3-5-9(8)7-11/h2-5,10H,6-7H2,1H3. The van der Waals surface area contributed by atoms with Crippen molar-refractivity contribution >= 4 is 0 Å². The third kappa shape index (κ3) is 1.15. The lowest BCUT2D eigenvalue weighted by molar-refractivity contribution is 0.212. The zero-order chi connectivity index (χ0) is 7.68. The average Bonchev–Trinajstić information content (AvgIpc) is 2.46. The largest absolute Gasteiger partial charge is 0.258 e. The Kier molecular flexibility index (Phi) is 1.64. The Morgan fingerprint density at radius 1 is 1.18 bits per heavy atom. The smallest absolute Gasteiger partial charge is 0.0388 e. The van der Waals surface area contributed by atoms with Gasteiger partial charge in [-0.25, -0.2) is 5.01 Å². The van der Waals surface area contributed by atoms with Crippen LogP contribution in [0.3, 0.4) is 0 Å². The summed E-state index contributed by atoms with van der Waals surface area (Å²) in [7, 11) is 1.96. The Labute approximate surface area is 66.8 Å². The molecule has 0 spiro atoms. The highest BCUT2D eigenvalue weighted by Crippen LogP contribution is 2.19. The molecule has 0 aromatic heterocycles. The van der Waals surface area contributed by atoms with Crippen LogP contribution in [0.25, 0.3) is 0 Å². The lowest BCUT2D eigenvalue weighted by Gasteiger charge is -2.11. The predicted octanol–water partition coefficient (Wildman–Crippen LogP) is 1.14. The molecule has 1 aromatic rings. The van der Waals surface area contributed by atoms with E-state index in [1.165, 1.54) is 11.1 Å². The highest BCUT2D eigenvalue weighted by atomic mass is 15.5. The van der Waals surface area contributed by atoms with E-state index in [-0.39, 0.29) is 0 Å². The summed E-state index contributed by atoms with van der Waals surface area (Å²) >= 11 is 0. The van der Waals surface area contributed by atoms with Crippen molar-refractivity contribution in [1.29, 1.82) is 0 Å². The van der Waals surface area contributed by atoms with Gasteiger partial charge in [-0.1, -0.05) is 24.3 Å². The van der Waals surface area contributed by atoms with E-state index in [9.17, 15) is 0 Å². The lowest BCUT2D eigenvalue weighted by atomic mass is 10.1. The lowest BCUT2D eigenvalue weighted by Crippen LogP contribution is -2.29. The normalized spacial score (nSPS) is 16.8. The summed E-state index contributed by atoms with van der Waals surface area (Å²) in [5.41, 5.74) is 6.04. The molecule has 1 aliphatic heterocycles. The third-order valence-electron chi connectivity index (χ3n) is 2.16. The topological polar surface area (TPSA) is 15.3 Å². The summed E-state index contributed by atoms with van der Waals surface area (Å²) in [4.78, 5) is 0. The molecule has 0 atom stereocenters. The molecular weight excluding hydrogens is 136 g/mol. The zero-order valence-corrected chi connectivity index (χ0v) is 6.67. The zero-order valence-electron chi connectivity index (χ0n) is 6.67. The first-order chi connectivity index (χ1) is 5.40. The molecule has 1 N–H and O–H groups in total. The highest BCUT2D eigenvalue weighted by molar-refractivity contribution is 5.29. The Morgan fingerprint density at radius 2 is 1.73 bits per heavy atom. The van der Waals surface area contributed by atoms with Crippen LogP contribution in [-0.2, 0) is 13.1 Å². The summed E-state index contributed by atoms with van der Waals surface area (Å²) in [6, 6.07) is 8.56. The van der Waals surface area contributed by atoms with Crippen LogP contribution in [0.1, 0.15) is 11.1 Å². The summed E-state index contributed by atoms with van der Waals surface area (Å²) in [5.74, 6) is 0. The minimum absolute atomic E-state index is 1.03. The number of hydrogen-bond donors (Lipinski definition) is 1. The molecule has 0 saturated carbocycles. The van der Waals surface area contributed by atoms with Crippen LogP contribution < -0.4 is 5.43 Å². The number of rotatable bonds is 1. The number of hydrogen-bond acceptors (Lipinski definition) is 2. The second kappa shape index (κ2) is 2.64. The molecule has 0 saturated heterocycles. The molecule has 0 fully saturated rings. The Morgan fingerprint density at radius 3 is 2.18 bits per heavy atom.